The number of aliphatic imine (C=N–C) groups is 1. The van der Waals surface area contributed by atoms with Gasteiger partial charge in [0.1, 0.15) is 11.6 Å². The second-order valence-electron chi connectivity index (χ2n) is 7.79. The van der Waals surface area contributed by atoms with Crippen LogP contribution >= 0.6 is 11.8 Å². The molecule has 5 rings (SSSR count). The lowest BCUT2D eigenvalue weighted by Gasteiger charge is -2.26. The molecule has 0 spiro atoms. The first-order valence-corrected chi connectivity index (χ1v) is 11.4. The topological polar surface area (TPSA) is 70.7 Å². The van der Waals surface area contributed by atoms with Crippen molar-refractivity contribution < 1.29 is 9.53 Å². The number of thioether (sulfide) groups is 1. The van der Waals surface area contributed by atoms with E-state index in [1.54, 1.807) is 18.1 Å². The van der Waals surface area contributed by atoms with Crippen molar-refractivity contribution in [1.29, 1.82) is 5.41 Å². The molecule has 6 nitrogen and oxygen atoms in total. The molecule has 0 saturated heterocycles. The fraction of sp³-hybridized carbons (Fsp3) is 0.115. The molecule has 3 heterocycles. The van der Waals surface area contributed by atoms with Gasteiger partial charge in [-0.3, -0.25) is 15.1 Å². The predicted molar refractivity (Wildman–Crippen MR) is 134 cm³/mol. The second kappa shape index (κ2) is 8.26. The van der Waals surface area contributed by atoms with Crippen LogP contribution in [0.2, 0.25) is 0 Å². The van der Waals surface area contributed by atoms with Crippen molar-refractivity contribution in [3.63, 3.8) is 0 Å². The molecule has 1 N–H and O–H groups in total. The molecule has 2 aliphatic rings. The Morgan fingerprint density at radius 3 is 2.48 bits per heavy atom. The number of aryl methyl sites for hydroxylation is 1. The molecule has 0 fully saturated rings. The van der Waals surface area contributed by atoms with Crippen molar-refractivity contribution in [3.8, 4) is 11.4 Å². The van der Waals surface area contributed by atoms with E-state index in [-0.39, 0.29) is 11.4 Å². The summed E-state index contributed by atoms with van der Waals surface area (Å²) in [6.45, 7) is 4.03. The highest BCUT2D eigenvalue weighted by Gasteiger charge is 2.36. The number of fused-ring (bicyclic) bond motifs is 1. The monoisotopic (exact) mass is 454 g/mol. The Morgan fingerprint density at radius 2 is 1.79 bits per heavy atom. The maximum atomic E-state index is 12.9. The number of methoxy groups -OCH3 is 1. The predicted octanol–water partition coefficient (Wildman–Crippen LogP) is 5.41. The van der Waals surface area contributed by atoms with Crippen LogP contribution in [-0.2, 0) is 4.79 Å². The third-order valence-electron chi connectivity index (χ3n) is 5.78. The summed E-state index contributed by atoms with van der Waals surface area (Å²) < 4.78 is 7.39. The average molecular weight is 455 g/mol. The molecule has 164 valence electrons. The van der Waals surface area contributed by atoms with E-state index in [2.05, 4.69) is 9.56 Å². The van der Waals surface area contributed by atoms with Gasteiger partial charge < -0.3 is 9.30 Å². The van der Waals surface area contributed by atoms with Crippen molar-refractivity contribution in [2.24, 2.45) is 4.99 Å². The molecular weight excluding hydrogens is 432 g/mol. The first-order valence-electron chi connectivity index (χ1n) is 10.5. The summed E-state index contributed by atoms with van der Waals surface area (Å²) in [6, 6.07) is 19.7. The lowest BCUT2D eigenvalue weighted by Crippen LogP contribution is -2.38. The van der Waals surface area contributed by atoms with E-state index in [4.69, 9.17) is 10.1 Å². The van der Waals surface area contributed by atoms with Gasteiger partial charge in [0, 0.05) is 22.5 Å². The standard InChI is InChI=1S/C26H22N4O2S/c1-16-13-19(17(2)29(16)20-9-11-21(32-3)12-10-20)14-22-24(27)30-23(18-7-5-4-6-8-18)15-33-26(30)28-25(22)31/h4-15,27H,1-3H3/b22-14-,27-24?. The summed E-state index contributed by atoms with van der Waals surface area (Å²) >= 11 is 1.37. The molecule has 0 aliphatic carbocycles. The van der Waals surface area contributed by atoms with E-state index in [0.29, 0.717) is 5.17 Å². The first kappa shape index (κ1) is 21.0. The number of hydrogen-bond acceptors (Lipinski definition) is 4. The van der Waals surface area contributed by atoms with Crippen LogP contribution in [0.3, 0.4) is 0 Å². The van der Waals surface area contributed by atoms with E-state index in [1.165, 1.54) is 11.8 Å². The minimum atomic E-state index is -0.393. The molecule has 3 aromatic rings. The van der Waals surface area contributed by atoms with Gasteiger partial charge in [-0.15, -0.1) is 0 Å². The smallest absolute Gasteiger partial charge is 0.283 e. The van der Waals surface area contributed by atoms with Crippen LogP contribution in [0.15, 0.2) is 76.6 Å². The first-order chi connectivity index (χ1) is 16.0. The van der Waals surface area contributed by atoms with Gasteiger partial charge in [-0.05, 0) is 61.4 Å². The summed E-state index contributed by atoms with van der Waals surface area (Å²) in [5.74, 6) is 0.541. The number of hydrogen-bond donors (Lipinski definition) is 1. The fourth-order valence-electron chi connectivity index (χ4n) is 4.13. The lowest BCUT2D eigenvalue weighted by atomic mass is 10.1. The average Bonchev–Trinajstić information content (AvgIpc) is 3.37. The van der Waals surface area contributed by atoms with Crippen molar-refractivity contribution in [3.05, 3.63) is 94.2 Å². The van der Waals surface area contributed by atoms with Gasteiger partial charge >= 0.3 is 0 Å². The zero-order valence-electron chi connectivity index (χ0n) is 18.5. The SMILES string of the molecule is COc1ccc(-n2c(C)cc(/C=C3/C(=N)N4C(c5ccccc5)=CSC4=NC3=O)c2C)cc1. The molecule has 0 atom stereocenters. The third-order valence-corrected chi connectivity index (χ3v) is 6.61. The molecule has 0 saturated carbocycles. The molecule has 2 aliphatic heterocycles. The number of nitrogens with one attached hydrogen (secondary N) is 1. The normalized spacial score (nSPS) is 16.7. The number of carbonyl (C=O) groups is 1. The minimum Gasteiger partial charge on any atom is -0.497 e. The molecule has 33 heavy (non-hydrogen) atoms. The van der Waals surface area contributed by atoms with Gasteiger partial charge in [0.15, 0.2) is 5.17 Å². The molecule has 0 radical (unpaired) electrons. The summed E-state index contributed by atoms with van der Waals surface area (Å²) in [4.78, 5) is 18.9. The number of benzene rings is 2. The zero-order valence-corrected chi connectivity index (χ0v) is 19.3. The molecule has 0 unspecified atom stereocenters. The van der Waals surface area contributed by atoms with Crippen molar-refractivity contribution >= 4 is 40.4 Å². The Labute approximate surface area is 196 Å². The van der Waals surface area contributed by atoms with Crippen molar-refractivity contribution in [2.75, 3.05) is 7.11 Å². The zero-order chi connectivity index (χ0) is 23.1. The van der Waals surface area contributed by atoms with E-state index < -0.39 is 5.91 Å². The number of aromatic nitrogens is 1. The fourth-order valence-corrected chi connectivity index (χ4v) is 5.02. The number of ether oxygens (including phenoxy) is 1. The van der Waals surface area contributed by atoms with Crippen LogP contribution in [0.5, 0.6) is 5.75 Å². The third kappa shape index (κ3) is 3.60. The quantitative estimate of drug-likeness (QED) is 0.536. The summed E-state index contributed by atoms with van der Waals surface area (Å²) in [5, 5.41) is 11.3. The number of amides is 1. The van der Waals surface area contributed by atoms with Gasteiger partial charge in [0.2, 0.25) is 0 Å². The van der Waals surface area contributed by atoms with Crippen molar-refractivity contribution in [2.45, 2.75) is 13.8 Å². The highest BCUT2D eigenvalue weighted by Crippen LogP contribution is 2.37. The Hall–Kier alpha value is -3.84. The highest BCUT2D eigenvalue weighted by atomic mass is 32.2. The van der Waals surface area contributed by atoms with Gasteiger partial charge in [-0.25, -0.2) is 0 Å². The number of carbonyl (C=O) groups excluding carboxylic acids is 1. The van der Waals surface area contributed by atoms with Crippen molar-refractivity contribution in [1.82, 2.24) is 9.47 Å². The number of nitrogens with zero attached hydrogens (tertiary/aromatic N) is 3. The maximum absolute atomic E-state index is 12.9. The highest BCUT2D eigenvalue weighted by molar-refractivity contribution is 8.17. The Bertz CT molecular complexity index is 1370. The van der Waals surface area contributed by atoms with E-state index in [1.807, 2.05) is 79.9 Å². The van der Waals surface area contributed by atoms with Crippen LogP contribution in [0.1, 0.15) is 22.5 Å². The molecular formula is C26H22N4O2S. The van der Waals surface area contributed by atoms with Gasteiger partial charge in [0.25, 0.3) is 5.91 Å². The second-order valence-corrected chi connectivity index (χ2v) is 8.62. The lowest BCUT2D eigenvalue weighted by molar-refractivity contribution is -0.114. The van der Waals surface area contributed by atoms with Gasteiger partial charge in [0.05, 0.1) is 18.4 Å². The van der Waals surface area contributed by atoms with Gasteiger partial charge in [-0.2, -0.15) is 4.99 Å². The van der Waals surface area contributed by atoms with E-state index >= 15 is 0 Å². The molecule has 7 heteroatoms. The number of amidine groups is 2. The Balaban J connectivity index is 1.53. The minimum absolute atomic E-state index is 0.138. The molecule has 1 amide bonds. The van der Waals surface area contributed by atoms with Crippen LogP contribution in [-0.4, -0.2) is 33.5 Å². The summed E-state index contributed by atoms with van der Waals surface area (Å²) in [7, 11) is 1.65. The van der Waals surface area contributed by atoms with Crippen LogP contribution in [0.4, 0.5) is 0 Å². The Morgan fingerprint density at radius 1 is 1.06 bits per heavy atom. The van der Waals surface area contributed by atoms with Crippen LogP contribution in [0.25, 0.3) is 17.5 Å². The molecule has 2 aromatic carbocycles. The number of rotatable bonds is 4. The summed E-state index contributed by atoms with van der Waals surface area (Å²) in [5.41, 5.74) is 6.01. The van der Waals surface area contributed by atoms with Crippen LogP contribution < -0.4 is 4.74 Å². The van der Waals surface area contributed by atoms with E-state index in [0.717, 1.165) is 39.6 Å². The van der Waals surface area contributed by atoms with E-state index in [9.17, 15) is 4.79 Å². The van der Waals surface area contributed by atoms with Gasteiger partial charge in [-0.1, -0.05) is 42.1 Å². The molecule has 0 bridgehead atoms. The maximum Gasteiger partial charge on any atom is 0.283 e. The largest absolute Gasteiger partial charge is 0.497 e. The molecule has 1 aromatic heterocycles. The summed E-state index contributed by atoms with van der Waals surface area (Å²) in [6.07, 6.45) is 1.78. The Kier molecular flexibility index (Phi) is 5.26. The van der Waals surface area contributed by atoms with Crippen LogP contribution in [0, 0.1) is 19.3 Å².